The fourth-order valence-corrected chi connectivity index (χ4v) is 2.37. The van der Waals surface area contributed by atoms with Gasteiger partial charge in [0.05, 0.1) is 5.69 Å². The molecule has 126 valence electrons. The molecule has 0 aliphatic carbocycles. The number of carbonyl (C=O) groups excluding carboxylic acids is 2. The second-order valence-corrected chi connectivity index (χ2v) is 5.39. The number of rotatable bonds is 5. The Hall–Kier alpha value is -3.41. The van der Waals surface area contributed by atoms with E-state index in [9.17, 15) is 14.4 Å². The minimum absolute atomic E-state index is 0.138. The molecule has 0 unspecified atom stereocenters. The van der Waals surface area contributed by atoms with Gasteiger partial charge >= 0.3 is 5.63 Å². The van der Waals surface area contributed by atoms with Crippen LogP contribution in [0.3, 0.4) is 0 Å². The highest BCUT2D eigenvalue weighted by molar-refractivity contribution is 6.03. The summed E-state index contributed by atoms with van der Waals surface area (Å²) in [5.41, 5.74) is 0.798. The number of para-hydroxylation sites is 1. The highest BCUT2D eigenvalue weighted by Gasteiger charge is 2.10. The van der Waals surface area contributed by atoms with Crippen molar-refractivity contribution >= 4 is 28.3 Å². The standard InChI is InChI=1S/C19H15NO5/c1-12(21)15-4-2-3-5-16(15)20-18(22)11-24-14-8-6-13-7-9-19(23)25-17(13)10-14/h2-10H,11H2,1H3,(H,20,22). The minimum atomic E-state index is -0.455. The summed E-state index contributed by atoms with van der Waals surface area (Å²) in [6.45, 7) is 1.19. The second-order valence-electron chi connectivity index (χ2n) is 5.39. The van der Waals surface area contributed by atoms with Crippen molar-refractivity contribution in [3.63, 3.8) is 0 Å². The zero-order valence-electron chi connectivity index (χ0n) is 13.4. The normalized spacial score (nSPS) is 10.4. The molecule has 0 aliphatic heterocycles. The molecule has 25 heavy (non-hydrogen) atoms. The molecule has 0 aliphatic rings. The monoisotopic (exact) mass is 337 g/mol. The Bertz CT molecular complexity index is 1010. The largest absolute Gasteiger partial charge is 0.484 e. The molecule has 0 atom stereocenters. The molecule has 1 amide bonds. The van der Waals surface area contributed by atoms with Gasteiger partial charge in [0.15, 0.2) is 12.4 Å². The van der Waals surface area contributed by atoms with Crippen molar-refractivity contribution < 1.29 is 18.7 Å². The number of nitrogens with one attached hydrogen (secondary N) is 1. The average Bonchev–Trinajstić information content (AvgIpc) is 2.60. The van der Waals surface area contributed by atoms with Crippen LogP contribution in [0.2, 0.25) is 0 Å². The molecular formula is C19H15NO5. The van der Waals surface area contributed by atoms with Gasteiger partial charge in [-0.05, 0) is 37.3 Å². The van der Waals surface area contributed by atoms with Crippen molar-refractivity contribution in [3.05, 3.63) is 70.6 Å². The maximum atomic E-state index is 12.1. The zero-order chi connectivity index (χ0) is 17.8. The van der Waals surface area contributed by atoms with Crippen LogP contribution in [0.4, 0.5) is 5.69 Å². The van der Waals surface area contributed by atoms with Gasteiger partial charge in [-0.2, -0.15) is 0 Å². The lowest BCUT2D eigenvalue weighted by molar-refractivity contribution is -0.118. The first-order valence-corrected chi connectivity index (χ1v) is 7.59. The molecule has 0 radical (unpaired) electrons. The molecule has 0 fully saturated rings. The summed E-state index contributed by atoms with van der Waals surface area (Å²) in [7, 11) is 0. The molecule has 6 heteroatoms. The molecule has 1 heterocycles. The highest BCUT2D eigenvalue weighted by atomic mass is 16.5. The van der Waals surface area contributed by atoms with Crippen LogP contribution >= 0.6 is 0 Å². The van der Waals surface area contributed by atoms with E-state index < -0.39 is 11.5 Å². The van der Waals surface area contributed by atoms with Crippen LogP contribution in [0.25, 0.3) is 11.0 Å². The topological polar surface area (TPSA) is 85.6 Å². The smallest absolute Gasteiger partial charge is 0.336 e. The summed E-state index contributed by atoms with van der Waals surface area (Å²) >= 11 is 0. The Balaban J connectivity index is 1.68. The van der Waals surface area contributed by atoms with Crippen LogP contribution in [-0.2, 0) is 4.79 Å². The first kappa shape index (κ1) is 16.4. The van der Waals surface area contributed by atoms with E-state index in [1.54, 1.807) is 48.5 Å². The van der Waals surface area contributed by atoms with Gasteiger partial charge in [0.2, 0.25) is 0 Å². The molecule has 0 bridgehead atoms. The second kappa shape index (κ2) is 7.00. The molecule has 0 spiro atoms. The quantitative estimate of drug-likeness (QED) is 0.571. The van der Waals surface area contributed by atoms with Gasteiger partial charge in [-0.25, -0.2) is 4.79 Å². The summed E-state index contributed by atoms with van der Waals surface area (Å²) in [4.78, 5) is 34.9. The van der Waals surface area contributed by atoms with Crippen molar-refractivity contribution in [1.82, 2.24) is 0 Å². The van der Waals surface area contributed by atoms with Gasteiger partial charge in [0.25, 0.3) is 5.91 Å². The number of carbonyl (C=O) groups is 2. The lowest BCUT2D eigenvalue weighted by Gasteiger charge is -2.10. The first-order valence-electron chi connectivity index (χ1n) is 7.59. The number of hydrogen-bond donors (Lipinski definition) is 1. The van der Waals surface area contributed by atoms with Crippen LogP contribution in [0, 0.1) is 0 Å². The Labute approximate surface area is 143 Å². The number of ether oxygens (including phenoxy) is 1. The molecule has 1 aromatic heterocycles. The molecule has 6 nitrogen and oxygen atoms in total. The molecular weight excluding hydrogens is 322 g/mol. The van der Waals surface area contributed by atoms with E-state index in [0.29, 0.717) is 22.6 Å². The predicted octanol–water partition coefficient (Wildman–Crippen LogP) is 3.01. The van der Waals surface area contributed by atoms with Crippen LogP contribution in [0.15, 0.2) is 63.8 Å². The van der Waals surface area contributed by atoms with E-state index in [1.165, 1.54) is 13.0 Å². The van der Waals surface area contributed by atoms with Gasteiger partial charge in [-0.15, -0.1) is 0 Å². The number of fused-ring (bicyclic) bond motifs is 1. The molecule has 0 saturated carbocycles. The van der Waals surface area contributed by atoms with Crippen molar-refractivity contribution in [2.24, 2.45) is 0 Å². The maximum absolute atomic E-state index is 12.1. The van der Waals surface area contributed by atoms with Crippen molar-refractivity contribution in [1.29, 1.82) is 0 Å². The number of anilines is 1. The van der Waals surface area contributed by atoms with Gasteiger partial charge in [-0.1, -0.05) is 12.1 Å². The summed E-state index contributed by atoms with van der Waals surface area (Å²) in [5.74, 6) is -0.137. The van der Waals surface area contributed by atoms with Crippen molar-refractivity contribution in [3.8, 4) is 5.75 Å². The summed E-state index contributed by atoms with van der Waals surface area (Å²) in [5, 5.41) is 3.41. The van der Waals surface area contributed by atoms with Gasteiger partial charge in [-0.3, -0.25) is 9.59 Å². The molecule has 0 saturated heterocycles. The third kappa shape index (κ3) is 3.92. The van der Waals surface area contributed by atoms with Gasteiger partial charge < -0.3 is 14.5 Å². The zero-order valence-corrected chi connectivity index (χ0v) is 13.4. The fraction of sp³-hybridized carbons (Fsp3) is 0.105. The Morgan fingerprint density at radius 1 is 1.08 bits per heavy atom. The van der Waals surface area contributed by atoms with Crippen molar-refractivity contribution in [2.75, 3.05) is 11.9 Å². The molecule has 2 aromatic carbocycles. The summed E-state index contributed by atoms with van der Waals surface area (Å²) in [6, 6.07) is 14.7. The molecule has 1 N–H and O–H groups in total. The Morgan fingerprint density at radius 2 is 1.84 bits per heavy atom. The first-order chi connectivity index (χ1) is 12.0. The minimum Gasteiger partial charge on any atom is -0.484 e. The van der Waals surface area contributed by atoms with Crippen LogP contribution in [0.5, 0.6) is 5.75 Å². The molecule has 3 rings (SSSR count). The van der Waals surface area contributed by atoms with E-state index in [2.05, 4.69) is 5.32 Å². The van der Waals surface area contributed by atoms with E-state index in [4.69, 9.17) is 9.15 Å². The lowest BCUT2D eigenvalue weighted by Crippen LogP contribution is -2.21. The van der Waals surface area contributed by atoms with Gasteiger partial charge in [0.1, 0.15) is 11.3 Å². The Morgan fingerprint density at radius 3 is 2.64 bits per heavy atom. The van der Waals surface area contributed by atoms with E-state index in [0.717, 1.165) is 5.39 Å². The summed E-state index contributed by atoms with van der Waals surface area (Å²) < 4.78 is 10.5. The number of Topliss-reactive ketones (excluding diaryl/α,β-unsaturated/α-hetero) is 1. The van der Waals surface area contributed by atoms with E-state index in [1.807, 2.05) is 0 Å². The number of ketones is 1. The third-order valence-corrected chi connectivity index (χ3v) is 3.54. The average molecular weight is 337 g/mol. The van der Waals surface area contributed by atoms with Gasteiger partial charge in [0, 0.05) is 23.1 Å². The SMILES string of the molecule is CC(=O)c1ccccc1NC(=O)COc1ccc2ccc(=O)oc2c1. The van der Waals surface area contributed by atoms with E-state index >= 15 is 0 Å². The summed E-state index contributed by atoms with van der Waals surface area (Å²) in [6.07, 6.45) is 0. The fourth-order valence-electron chi connectivity index (χ4n) is 2.37. The van der Waals surface area contributed by atoms with Crippen LogP contribution < -0.4 is 15.7 Å². The lowest BCUT2D eigenvalue weighted by atomic mass is 10.1. The maximum Gasteiger partial charge on any atom is 0.336 e. The number of amides is 1. The van der Waals surface area contributed by atoms with Crippen LogP contribution in [0.1, 0.15) is 17.3 Å². The Kier molecular flexibility index (Phi) is 4.61. The predicted molar refractivity (Wildman–Crippen MR) is 93.1 cm³/mol. The van der Waals surface area contributed by atoms with Crippen molar-refractivity contribution in [2.45, 2.75) is 6.92 Å². The molecule has 3 aromatic rings. The number of benzene rings is 2. The number of hydrogen-bond acceptors (Lipinski definition) is 5. The third-order valence-electron chi connectivity index (χ3n) is 3.54. The highest BCUT2D eigenvalue weighted by Crippen LogP contribution is 2.20. The van der Waals surface area contributed by atoms with Crippen LogP contribution in [-0.4, -0.2) is 18.3 Å². The van der Waals surface area contributed by atoms with E-state index in [-0.39, 0.29) is 12.4 Å².